The van der Waals surface area contributed by atoms with E-state index < -0.39 is 17.0 Å². The molecule has 3 amide bonds. The second-order valence-corrected chi connectivity index (χ2v) is 12.8. The monoisotopic (exact) mass is 634 g/mol. The fourth-order valence-corrected chi connectivity index (χ4v) is 7.04. The predicted molar refractivity (Wildman–Crippen MR) is 164 cm³/mol. The maximum absolute atomic E-state index is 12.5. The van der Waals surface area contributed by atoms with Crippen molar-refractivity contribution in [1.29, 1.82) is 0 Å². The fourth-order valence-electron chi connectivity index (χ4n) is 7.04. The van der Waals surface area contributed by atoms with Crippen molar-refractivity contribution < 1.29 is 43.3 Å². The summed E-state index contributed by atoms with van der Waals surface area (Å²) in [6, 6.07) is 0. The van der Waals surface area contributed by atoms with E-state index in [4.69, 9.17) is 19.2 Å². The van der Waals surface area contributed by atoms with Crippen LogP contribution in [0.5, 0.6) is 0 Å². The Morgan fingerprint density at radius 2 is 1.31 bits per heavy atom. The molecule has 13 nitrogen and oxygen atoms in total. The second-order valence-electron chi connectivity index (χ2n) is 12.8. The third-order valence-electron chi connectivity index (χ3n) is 9.82. The molecule has 2 saturated carbocycles. The number of nitrogens with zero attached hydrogens (tertiary/aromatic N) is 3. The largest absolute Gasteiger partial charge is 0.480 e. The number of likely N-dealkylation sites (tertiary alicyclic amines) is 2. The third kappa shape index (κ3) is 8.46. The van der Waals surface area contributed by atoms with Gasteiger partial charge < -0.3 is 34.4 Å². The highest BCUT2D eigenvalue weighted by molar-refractivity contribution is 6.01. The van der Waals surface area contributed by atoms with Gasteiger partial charge in [0.2, 0.25) is 5.91 Å². The molecule has 2 saturated heterocycles. The lowest BCUT2D eigenvalue weighted by Gasteiger charge is -2.37. The van der Waals surface area contributed by atoms with E-state index in [1.54, 1.807) is 23.6 Å². The SMILES string of the molecule is CCOC(=O)N1CCC(C(=O)NC2(C(=O)O)CCCCC2)CC1.CCOC(=O)N1CCC(C2=NC3(CCCCC3)C(=O)O2)CC1. The number of hydrogen-bond acceptors (Lipinski definition) is 9. The van der Waals surface area contributed by atoms with Crippen molar-refractivity contribution in [3.63, 3.8) is 0 Å². The zero-order valence-corrected chi connectivity index (χ0v) is 26.9. The van der Waals surface area contributed by atoms with Crippen LogP contribution in [-0.4, -0.2) is 101 Å². The average Bonchev–Trinajstić information content (AvgIpc) is 3.36. The van der Waals surface area contributed by atoms with Crippen molar-refractivity contribution in [2.24, 2.45) is 16.8 Å². The Morgan fingerprint density at radius 3 is 1.80 bits per heavy atom. The Labute approximate surface area is 265 Å². The Balaban J connectivity index is 0.000000205. The van der Waals surface area contributed by atoms with E-state index in [2.05, 4.69) is 5.32 Å². The first-order valence-corrected chi connectivity index (χ1v) is 16.8. The summed E-state index contributed by atoms with van der Waals surface area (Å²) in [6.45, 7) is 6.49. The van der Waals surface area contributed by atoms with Crippen molar-refractivity contribution in [1.82, 2.24) is 15.1 Å². The molecule has 3 heterocycles. The molecule has 5 aliphatic rings. The highest BCUT2D eigenvalue weighted by atomic mass is 16.6. The summed E-state index contributed by atoms with van der Waals surface area (Å²) < 4.78 is 15.5. The minimum Gasteiger partial charge on any atom is -0.480 e. The zero-order chi connectivity index (χ0) is 32.5. The van der Waals surface area contributed by atoms with E-state index in [9.17, 15) is 29.1 Å². The number of amides is 3. The van der Waals surface area contributed by atoms with Crippen molar-refractivity contribution >= 4 is 35.9 Å². The van der Waals surface area contributed by atoms with Crippen LogP contribution < -0.4 is 5.32 Å². The molecule has 2 aliphatic carbocycles. The van der Waals surface area contributed by atoms with Gasteiger partial charge in [-0.15, -0.1) is 0 Å². The average molecular weight is 635 g/mol. The quantitative estimate of drug-likeness (QED) is 0.321. The number of carbonyl (C=O) groups excluding carboxylic acids is 4. The van der Waals surface area contributed by atoms with Crippen molar-refractivity contribution in [3.05, 3.63) is 0 Å². The Bertz CT molecular complexity index is 1100. The predicted octanol–water partition coefficient (Wildman–Crippen LogP) is 4.27. The molecule has 3 aliphatic heterocycles. The van der Waals surface area contributed by atoms with Crippen LogP contribution in [0.1, 0.15) is 104 Å². The van der Waals surface area contributed by atoms with Crippen LogP contribution in [-0.2, 0) is 28.6 Å². The first-order valence-electron chi connectivity index (χ1n) is 16.8. The number of aliphatic carboxylic acids is 1. The van der Waals surface area contributed by atoms with Crippen LogP contribution in [0.2, 0.25) is 0 Å². The van der Waals surface area contributed by atoms with Crippen LogP contribution >= 0.6 is 0 Å². The summed E-state index contributed by atoms with van der Waals surface area (Å²) in [4.78, 5) is 67.7. The summed E-state index contributed by atoms with van der Waals surface area (Å²) in [7, 11) is 0. The molecular formula is C32H50N4O9. The molecule has 0 aromatic rings. The molecular weight excluding hydrogens is 584 g/mol. The maximum Gasteiger partial charge on any atom is 0.409 e. The molecule has 45 heavy (non-hydrogen) atoms. The molecule has 0 unspecified atom stereocenters. The van der Waals surface area contributed by atoms with Crippen LogP contribution in [0.15, 0.2) is 4.99 Å². The summed E-state index contributed by atoms with van der Waals surface area (Å²) in [6.07, 6.45) is 10.6. The summed E-state index contributed by atoms with van der Waals surface area (Å²) in [5.74, 6) is -0.771. The van der Waals surface area contributed by atoms with Gasteiger partial charge in [-0.1, -0.05) is 38.5 Å². The number of cyclic esters (lactones) is 1. The standard InChI is InChI=1S/C16H26N2O5.C16H24N2O4/c1-2-23-15(22)18-10-6-12(7-11-18)13(19)17-16(14(20)21)8-4-3-5-9-16;1-2-21-15(20)18-10-6-12(7-11-18)13-17-16(14(19)22-13)8-4-3-5-9-16/h12H,2-11H2,1H3,(H,17,19)(H,20,21);12H,2-11H2,1H3. The van der Waals surface area contributed by atoms with Crippen LogP contribution in [0.4, 0.5) is 9.59 Å². The smallest absolute Gasteiger partial charge is 0.409 e. The van der Waals surface area contributed by atoms with Crippen molar-refractivity contribution in [3.8, 4) is 0 Å². The number of hydrogen-bond donors (Lipinski definition) is 2. The first kappa shape index (κ1) is 34.5. The molecule has 2 N–H and O–H groups in total. The van der Waals surface area contributed by atoms with E-state index in [1.807, 2.05) is 0 Å². The highest BCUT2D eigenvalue weighted by Crippen LogP contribution is 2.38. The molecule has 5 rings (SSSR count). The number of esters is 1. The highest BCUT2D eigenvalue weighted by Gasteiger charge is 2.48. The van der Waals surface area contributed by atoms with E-state index in [1.165, 1.54) is 6.42 Å². The van der Waals surface area contributed by atoms with Gasteiger partial charge >= 0.3 is 24.1 Å². The number of ether oxygens (including phenoxy) is 3. The van der Waals surface area contributed by atoms with E-state index in [0.717, 1.165) is 57.8 Å². The van der Waals surface area contributed by atoms with Gasteiger partial charge in [-0.25, -0.2) is 24.2 Å². The number of piperidine rings is 2. The lowest BCUT2D eigenvalue weighted by molar-refractivity contribution is -0.150. The Morgan fingerprint density at radius 1 is 0.822 bits per heavy atom. The first-order chi connectivity index (χ1) is 21.6. The molecule has 13 heteroatoms. The maximum atomic E-state index is 12.5. The van der Waals surface area contributed by atoms with Crippen LogP contribution in [0, 0.1) is 11.8 Å². The summed E-state index contributed by atoms with van der Waals surface area (Å²) in [5, 5.41) is 12.3. The minimum atomic E-state index is -1.10. The molecule has 0 atom stereocenters. The van der Waals surface area contributed by atoms with Gasteiger partial charge in [0.1, 0.15) is 5.54 Å². The van der Waals surface area contributed by atoms with E-state index >= 15 is 0 Å². The zero-order valence-electron chi connectivity index (χ0n) is 26.9. The number of carbonyl (C=O) groups is 5. The molecule has 0 bridgehead atoms. The number of nitrogens with one attached hydrogen (secondary N) is 1. The van der Waals surface area contributed by atoms with Gasteiger partial charge in [0, 0.05) is 38.0 Å². The number of rotatable bonds is 6. The van der Waals surface area contributed by atoms with Gasteiger partial charge in [0.05, 0.1) is 13.2 Å². The van der Waals surface area contributed by atoms with Crippen LogP contribution in [0.3, 0.4) is 0 Å². The lowest BCUT2D eigenvalue weighted by atomic mass is 9.81. The number of carboxylic acid groups (broad SMARTS) is 1. The molecule has 0 aromatic carbocycles. The Kier molecular flexibility index (Phi) is 12.1. The van der Waals surface area contributed by atoms with Gasteiger partial charge in [0.15, 0.2) is 11.4 Å². The number of carboxylic acids is 1. The van der Waals surface area contributed by atoms with E-state index in [-0.39, 0.29) is 35.9 Å². The molecule has 252 valence electrons. The van der Waals surface area contributed by atoms with Gasteiger partial charge in [-0.05, 0) is 65.2 Å². The molecule has 1 spiro atoms. The molecule has 0 aromatic heterocycles. The van der Waals surface area contributed by atoms with Crippen LogP contribution in [0.25, 0.3) is 0 Å². The summed E-state index contributed by atoms with van der Waals surface area (Å²) in [5.41, 5.74) is -1.69. The van der Waals surface area contributed by atoms with Gasteiger partial charge in [-0.3, -0.25) is 4.79 Å². The normalized spacial score (nSPS) is 23.2. The number of aliphatic imine (C=N–C) groups is 1. The summed E-state index contributed by atoms with van der Waals surface area (Å²) >= 11 is 0. The lowest BCUT2D eigenvalue weighted by Crippen LogP contribution is -2.57. The molecule has 4 fully saturated rings. The molecule has 0 radical (unpaired) electrons. The minimum absolute atomic E-state index is 0.149. The van der Waals surface area contributed by atoms with Gasteiger partial charge in [0.25, 0.3) is 0 Å². The van der Waals surface area contributed by atoms with Gasteiger partial charge in [-0.2, -0.15) is 0 Å². The van der Waals surface area contributed by atoms with E-state index in [0.29, 0.717) is 71.0 Å². The third-order valence-corrected chi connectivity index (χ3v) is 9.82. The fraction of sp³-hybridized carbons (Fsp3) is 0.812. The second kappa shape index (κ2) is 15.8. The van der Waals surface area contributed by atoms with Crippen molar-refractivity contribution in [2.45, 2.75) is 115 Å². The topological polar surface area (TPSA) is 164 Å². The van der Waals surface area contributed by atoms with Crippen molar-refractivity contribution in [2.75, 3.05) is 39.4 Å². The Hall–Kier alpha value is -3.38.